The van der Waals surface area contributed by atoms with E-state index in [-0.39, 0.29) is 24.7 Å². The second kappa shape index (κ2) is 5.85. The second-order valence-electron chi connectivity index (χ2n) is 3.65. The Morgan fingerprint density at radius 1 is 1.44 bits per heavy atom. The summed E-state index contributed by atoms with van der Waals surface area (Å²) in [6.07, 6.45) is 1.60. The molecular weight excluding hydrogens is 208 g/mol. The number of hydrogen-bond donors (Lipinski definition) is 1. The van der Waals surface area contributed by atoms with E-state index in [0.717, 1.165) is 0 Å². The van der Waals surface area contributed by atoms with Crippen molar-refractivity contribution in [3.05, 3.63) is 24.4 Å². The predicted molar refractivity (Wildman–Crippen MR) is 56.3 cm³/mol. The minimum atomic E-state index is -1.14. The third kappa shape index (κ3) is 4.54. The zero-order valence-electron chi connectivity index (χ0n) is 8.97. The first-order chi connectivity index (χ1) is 7.58. The zero-order valence-corrected chi connectivity index (χ0v) is 8.97. The van der Waals surface area contributed by atoms with Crippen LogP contribution < -0.4 is 10.4 Å². The average molecular weight is 221 g/mol. The van der Waals surface area contributed by atoms with E-state index in [1.54, 1.807) is 31.3 Å². The number of carboxylic acids is 1. The maximum absolute atomic E-state index is 11.4. The van der Waals surface area contributed by atoms with Gasteiger partial charge in [-0.2, -0.15) is 0 Å². The van der Waals surface area contributed by atoms with Crippen LogP contribution in [0.5, 0.6) is 0 Å². The van der Waals surface area contributed by atoms with Crippen LogP contribution in [0.3, 0.4) is 0 Å². The van der Waals surface area contributed by atoms with Crippen LogP contribution in [0.4, 0.5) is 5.82 Å². The molecule has 5 nitrogen and oxygen atoms in total. The molecule has 1 heterocycles. The highest BCUT2D eigenvalue weighted by Crippen LogP contribution is 2.08. The first-order valence-electron chi connectivity index (χ1n) is 4.98. The molecule has 0 spiro atoms. The lowest BCUT2D eigenvalue weighted by Gasteiger charge is -2.11. The first-order valence-corrected chi connectivity index (χ1v) is 4.98. The molecule has 86 valence electrons. The van der Waals surface area contributed by atoms with Gasteiger partial charge in [-0.05, 0) is 24.5 Å². The van der Waals surface area contributed by atoms with Gasteiger partial charge in [-0.25, -0.2) is 4.98 Å². The zero-order chi connectivity index (χ0) is 12.0. The maximum atomic E-state index is 11.4. The monoisotopic (exact) mass is 221 g/mol. The number of pyridine rings is 1. The minimum Gasteiger partial charge on any atom is -0.550 e. The number of nitrogens with one attached hydrogen (secondary N) is 1. The highest BCUT2D eigenvalue weighted by atomic mass is 16.4. The van der Waals surface area contributed by atoms with Gasteiger partial charge in [0, 0.05) is 18.6 Å². The Morgan fingerprint density at radius 3 is 2.75 bits per heavy atom. The number of hydrogen-bond acceptors (Lipinski definition) is 4. The van der Waals surface area contributed by atoms with Crippen molar-refractivity contribution in [2.75, 3.05) is 5.32 Å². The first kappa shape index (κ1) is 12.2. The molecule has 16 heavy (non-hydrogen) atoms. The molecule has 0 unspecified atom stereocenters. The summed E-state index contributed by atoms with van der Waals surface area (Å²) in [5, 5.41) is 12.9. The molecular formula is C11H13N2O3-. The number of carbonyl (C=O) groups excluding carboxylic acids is 2. The third-order valence-corrected chi connectivity index (χ3v) is 1.98. The molecule has 1 atom stereocenters. The van der Waals surface area contributed by atoms with Crippen molar-refractivity contribution in [3.63, 3.8) is 0 Å². The van der Waals surface area contributed by atoms with Crippen LogP contribution in [0.1, 0.15) is 19.8 Å². The van der Waals surface area contributed by atoms with Crippen molar-refractivity contribution in [3.8, 4) is 0 Å². The topological polar surface area (TPSA) is 82.1 Å². The van der Waals surface area contributed by atoms with Crippen LogP contribution in [0.2, 0.25) is 0 Å². The van der Waals surface area contributed by atoms with Gasteiger partial charge in [0.1, 0.15) is 5.82 Å². The summed E-state index contributed by atoms with van der Waals surface area (Å²) in [7, 11) is 0. The van der Waals surface area contributed by atoms with Crippen LogP contribution in [0.15, 0.2) is 24.4 Å². The van der Waals surface area contributed by atoms with Crippen molar-refractivity contribution in [1.29, 1.82) is 0 Å². The van der Waals surface area contributed by atoms with Crippen molar-refractivity contribution in [1.82, 2.24) is 4.98 Å². The van der Waals surface area contributed by atoms with Crippen molar-refractivity contribution in [2.45, 2.75) is 19.8 Å². The summed E-state index contributed by atoms with van der Waals surface area (Å²) in [6, 6.07) is 5.17. The lowest BCUT2D eigenvalue weighted by Crippen LogP contribution is -2.26. The standard InChI is InChI=1S/C11H14N2O3/c1-8(7-11(15)16)6-10(14)13-9-4-2-3-5-12-9/h2-5,8H,6-7H2,1H3,(H,15,16)(H,12,13,14)/p-1/t8-/m0/s1. The molecule has 5 heteroatoms. The second-order valence-corrected chi connectivity index (χ2v) is 3.65. The van der Waals surface area contributed by atoms with Crippen molar-refractivity contribution in [2.24, 2.45) is 5.92 Å². The van der Waals surface area contributed by atoms with Crippen LogP contribution in [0, 0.1) is 5.92 Å². The molecule has 1 N–H and O–H groups in total. The fourth-order valence-corrected chi connectivity index (χ4v) is 1.30. The van der Waals surface area contributed by atoms with Gasteiger partial charge >= 0.3 is 0 Å². The van der Waals surface area contributed by atoms with Gasteiger partial charge in [0.05, 0.1) is 0 Å². The number of carbonyl (C=O) groups is 2. The summed E-state index contributed by atoms with van der Waals surface area (Å²) >= 11 is 0. The van der Waals surface area contributed by atoms with E-state index in [2.05, 4.69) is 10.3 Å². The molecule has 0 fully saturated rings. The van der Waals surface area contributed by atoms with Gasteiger partial charge in [0.2, 0.25) is 5.91 Å². The molecule has 1 rings (SSSR count). The molecule has 1 aromatic rings. The van der Waals surface area contributed by atoms with E-state index in [1.165, 1.54) is 0 Å². The van der Waals surface area contributed by atoms with E-state index in [1.807, 2.05) is 0 Å². The number of nitrogens with zero attached hydrogens (tertiary/aromatic N) is 1. The van der Waals surface area contributed by atoms with Gasteiger partial charge in [0.25, 0.3) is 0 Å². The van der Waals surface area contributed by atoms with Gasteiger partial charge in [-0.15, -0.1) is 0 Å². The number of aromatic nitrogens is 1. The third-order valence-electron chi connectivity index (χ3n) is 1.98. The fourth-order valence-electron chi connectivity index (χ4n) is 1.30. The Hall–Kier alpha value is -1.91. The highest BCUT2D eigenvalue weighted by Gasteiger charge is 2.09. The van der Waals surface area contributed by atoms with Crippen LogP contribution in [0.25, 0.3) is 0 Å². The number of aliphatic carboxylic acids is 1. The van der Waals surface area contributed by atoms with Gasteiger partial charge < -0.3 is 15.2 Å². The molecule has 0 radical (unpaired) electrons. The number of rotatable bonds is 5. The molecule has 1 aromatic heterocycles. The molecule has 1 amide bonds. The minimum absolute atomic E-state index is 0.115. The van der Waals surface area contributed by atoms with Crippen LogP contribution >= 0.6 is 0 Å². The molecule has 0 saturated heterocycles. The summed E-state index contributed by atoms with van der Waals surface area (Å²) in [6.45, 7) is 1.69. The lowest BCUT2D eigenvalue weighted by atomic mass is 10.0. The van der Waals surface area contributed by atoms with E-state index < -0.39 is 5.97 Å². The summed E-state index contributed by atoms with van der Waals surface area (Å²) < 4.78 is 0. The Balaban J connectivity index is 2.39. The van der Waals surface area contributed by atoms with E-state index in [9.17, 15) is 14.7 Å². The average Bonchev–Trinajstić information content (AvgIpc) is 2.17. The molecule has 0 saturated carbocycles. The summed E-state index contributed by atoms with van der Waals surface area (Å²) in [5.41, 5.74) is 0. The quantitative estimate of drug-likeness (QED) is 0.769. The number of anilines is 1. The summed E-state index contributed by atoms with van der Waals surface area (Å²) in [4.78, 5) is 25.7. The van der Waals surface area contributed by atoms with E-state index >= 15 is 0 Å². The summed E-state index contributed by atoms with van der Waals surface area (Å²) in [5.74, 6) is -1.16. The van der Waals surface area contributed by atoms with Gasteiger partial charge in [-0.3, -0.25) is 4.79 Å². The lowest BCUT2D eigenvalue weighted by molar-refractivity contribution is -0.306. The SMILES string of the molecule is C[C@H](CC(=O)[O-])CC(=O)Nc1ccccn1. The van der Waals surface area contributed by atoms with Crippen LogP contribution in [-0.2, 0) is 9.59 Å². The van der Waals surface area contributed by atoms with Crippen molar-refractivity contribution < 1.29 is 14.7 Å². The van der Waals surface area contributed by atoms with Gasteiger partial charge in [-0.1, -0.05) is 13.0 Å². The number of amides is 1. The Morgan fingerprint density at radius 2 is 2.19 bits per heavy atom. The van der Waals surface area contributed by atoms with Crippen molar-refractivity contribution >= 4 is 17.7 Å². The van der Waals surface area contributed by atoms with Gasteiger partial charge in [0.15, 0.2) is 0 Å². The predicted octanol–water partition coefficient (Wildman–Crippen LogP) is 0.186. The van der Waals surface area contributed by atoms with Crippen LogP contribution in [-0.4, -0.2) is 16.9 Å². The molecule has 0 bridgehead atoms. The smallest absolute Gasteiger partial charge is 0.225 e. The van der Waals surface area contributed by atoms with E-state index in [4.69, 9.17) is 0 Å². The number of carboxylic acid groups (broad SMARTS) is 1. The maximum Gasteiger partial charge on any atom is 0.225 e. The molecule has 0 aliphatic heterocycles. The normalized spacial score (nSPS) is 11.8. The van der Waals surface area contributed by atoms with E-state index in [0.29, 0.717) is 5.82 Å². The fraction of sp³-hybridized carbons (Fsp3) is 0.364. The molecule has 0 aliphatic rings. The highest BCUT2D eigenvalue weighted by molar-refractivity contribution is 5.90. The largest absolute Gasteiger partial charge is 0.550 e. The Bertz CT molecular complexity index is 365. The molecule has 0 aromatic carbocycles. The Kier molecular flexibility index (Phi) is 4.44. The molecule has 0 aliphatic carbocycles. The Labute approximate surface area is 93.5 Å².